The maximum Gasteiger partial charge on any atom is 0.320 e. The highest BCUT2D eigenvalue weighted by Gasteiger charge is 2.17. The van der Waals surface area contributed by atoms with Gasteiger partial charge in [-0.15, -0.1) is 0 Å². The van der Waals surface area contributed by atoms with Crippen LogP contribution in [0.5, 0.6) is 0 Å². The average Bonchev–Trinajstić information content (AvgIpc) is 2.27. The van der Waals surface area contributed by atoms with Crippen LogP contribution in [0.4, 0.5) is 11.4 Å². The first-order chi connectivity index (χ1) is 7.45. The lowest BCUT2D eigenvalue weighted by Gasteiger charge is -2.10. The molecule has 16 heavy (non-hydrogen) atoms. The number of rotatable bonds is 6. The van der Waals surface area contributed by atoms with E-state index < -0.39 is 22.9 Å². The Hall–Kier alpha value is -1.89. The van der Waals surface area contributed by atoms with Crippen LogP contribution in [-0.4, -0.2) is 23.7 Å². The molecule has 0 spiro atoms. The predicted molar refractivity (Wildman–Crippen MR) is 59.1 cm³/mol. The van der Waals surface area contributed by atoms with Gasteiger partial charge in [0.1, 0.15) is 17.4 Å². The number of hydrogen-bond donors (Lipinski definition) is 4. The van der Waals surface area contributed by atoms with Gasteiger partial charge in [-0.3, -0.25) is 14.4 Å². The maximum atomic E-state index is 10.9. The molecule has 0 radical (unpaired) electrons. The van der Waals surface area contributed by atoms with E-state index in [1.807, 2.05) is 0 Å². The summed E-state index contributed by atoms with van der Waals surface area (Å²) in [7, 11) is 0. The molecule has 0 fully saturated rings. The molecule has 1 aromatic rings. The molecule has 0 saturated heterocycles. The number of nitrogens with two attached hydrogens (primary N) is 2. The van der Waals surface area contributed by atoms with Crippen LogP contribution >= 0.6 is 0 Å². The minimum atomic E-state index is -1.06. The van der Waals surface area contributed by atoms with E-state index >= 15 is 0 Å². The Bertz CT molecular complexity index is 461. The van der Waals surface area contributed by atoms with Gasteiger partial charge in [-0.25, -0.2) is 0 Å². The van der Waals surface area contributed by atoms with Gasteiger partial charge in [0.05, 0.1) is 0 Å². The zero-order valence-corrected chi connectivity index (χ0v) is 8.53. The van der Waals surface area contributed by atoms with E-state index in [0.29, 0.717) is 13.0 Å². The van der Waals surface area contributed by atoms with Crippen molar-refractivity contribution in [1.82, 2.24) is 0 Å². The van der Waals surface area contributed by atoms with Crippen molar-refractivity contribution in [3.8, 4) is 0 Å². The molecule has 0 saturated carbocycles. The molecule has 0 aliphatic carbocycles. The first-order valence-electron chi connectivity index (χ1n) is 4.76. The predicted octanol–water partition coefficient (Wildman–Crippen LogP) is -1.53. The summed E-state index contributed by atoms with van der Waals surface area (Å²) < 4.78 is 0. The third-order valence-electron chi connectivity index (χ3n) is 2.26. The van der Waals surface area contributed by atoms with E-state index in [0.717, 1.165) is 0 Å². The second-order valence-electron chi connectivity index (χ2n) is 3.46. The molecule has 0 amide bonds. The molecule has 88 valence electrons. The van der Waals surface area contributed by atoms with Gasteiger partial charge in [0.2, 0.25) is 0 Å². The molecular formula is C9H13N3O4. The highest BCUT2D eigenvalue weighted by Crippen LogP contribution is 2.09. The molecule has 1 aromatic carbocycles. The van der Waals surface area contributed by atoms with Crippen molar-refractivity contribution in [3.63, 3.8) is 0 Å². The van der Waals surface area contributed by atoms with Crippen LogP contribution in [0.3, 0.4) is 0 Å². The van der Waals surface area contributed by atoms with Crippen molar-refractivity contribution in [3.05, 3.63) is 20.4 Å². The molecule has 1 atom stereocenters. The second kappa shape index (κ2) is 4.75. The lowest BCUT2D eigenvalue weighted by Crippen LogP contribution is -2.37. The zero-order chi connectivity index (χ0) is 12.3. The van der Waals surface area contributed by atoms with Crippen molar-refractivity contribution in [1.29, 1.82) is 0 Å². The van der Waals surface area contributed by atoms with Gasteiger partial charge in [-0.2, -0.15) is 0 Å². The van der Waals surface area contributed by atoms with Crippen LogP contribution in [-0.2, 0) is 4.79 Å². The number of carboxylic acids is 1. The van der Waals surface area contributed by atoms with E-state index in [1.54, 1.807) is 0 Å². The number of nitrogens with one attached hydrogen (secondary N) is 1. The molecule has 1 rings (SSSR count). The lowest BCUT2D eigenvalue weighted by atomic mass is 10.1. The molecule has 0 bridgehead atoms. The second-order valence-corrected chi connectivity index (χ2v) is 3.46. The fourth-order valence-corrected chi connectivity index (χ4v) is 1.24. The lowest BCUT2D eigenvalue weighted by molar-refractivity contribution is -0.138. The van der Waals surface area contributed by atoms with E-state index in [1.165, 1.54) is 0 Å². The summed E-state index contributed by atoms with van der Waals surface area (Å²) in [4.78, 5) is 32.0. The number of carboxylic acid groups (broad SMARTS) is 1. The molecule has 1 unspecified atom stereocenters. The highest BCUT2D eigenvalue weighted by molar-refractivity contribution is 5.73. The van der Waals surface area contributed by atoms with Crippen molar-refractivity contribution in [2.24, 2.45) is 5.73 Å². The molecular weight excluding hydrogens is 214 g/mol. The van der Waals surface area contributed by atoms with Crippen molar-refractivity contribution in [2.75, 3.05) is 17.6 Å². The third-order valence-corrected chi connectivity index (χ3v) is 2.26. The number of hydrogen-bond acceptors (Lipinski definition) is 6. The summed E-state index contributed by atoms with van der Waals surface area (Å²) in [6, 6.07) is -0.910. The van der Waals surface area contributed by atoms with Gasteiger partial charge in [0.25, 0.3) is 10.9 Å². The third kappa shape index (κ3) is 2.37. The fraction of sp³-hybridized carbons (Fsp3) is 0.444. The minimum Gasteiger partial charge on any atom is -0.480 e. The summed E-state index contributed by atoms with van der Waals surface area (Å²) in [5.74, 6) is -1.06. The molecule has 0 aliphatic heterocycles. The summed E-state index contributed by atoms with van der Waals surface area (Å²) >= 11 is 0. The summed E-state index contributed by atoms with van der Waals surface area (Å²) in [6.07, 6.45) is 0.767. The monoisotopic (exact) mass is 227 g/mol. The quantitative estimate of drug-likeness (QED) is 0.342. The van der Waals surface area contributed by atoms with Crippen LogP contribution in [0.25, 0.3) is 0 Å². The average molecular weight is 227 g/mol. The van der Waals surface area contributed by atoms with Crippen molar-refractivity contribution in [2.45, 2.75) is 18.9 Å². The molecule has 7 nitrogen and oxygen atoms in total. The van der Waals surface area contributed by atoms with E-state index in [9.17, 15) is 14.4 Å². The number of aliphatic carboxylic acids is 1. The van der Waals surface area contributed by atoms with Gasteiger partial charge < -0.3 is 21.9 Å². The van der Waals surface area contributed by atoms with Crippen molar-refractivity contribution >= 4 is 17.3 Å². The van der Waals surface area contributed by atoms with Gasteiger partial charge in [-0.05, 0) is 12.8 Å². The van der Waals surface area contributed by atoms with Crippen LogP contribution in [0.1, 0.15) is 12.8 Å². The molecule has 7 heteroatoms. The molecule has 0 heterocycles. The van der Waals surface area contributed by atoms with Gasteiger partial charge in [0, 0.05) is 6.54 Å². The summed E-state index contributed by atoms with van der Waals surface area (Å²) in [6.45, 7) is 0.357. The number of anilines is 2. The summed E-state index contributed by atoms with van der Waals surface area (Å²) in [5, 5.41) is 11.2. The van der Waals surface area contributed by atoms with Crippen LogP contribution in [0.2, 0.25) is 0 Å². The Labute approximate surface area is 90.7 Å². The highest BCUT2D eigenvalue weighted by atomic mass is 16.4. The number of carbonyl (C=O) groups is 1. The Morgan fingerprint density at radius 2 is 2.00 bits per heavy atom. The van der Waals surface area contributed by atoms with Gasteiger partial charge in [-0.1, -0.05) is 0 Å². The van der Waals surface area contributed by atoms with E-state index in [-0.39, 0.29) is 17.8 Å². The van der Waals surface area contributed by atoms with Gasteiger partial charge in [0.15, 0.2) is 0 Å². The van der Waals surface area contributed by atoms with Gasteiger partial charge >= 0.3 is 5.97 Å². The van der Waals surface area contributed by atoms with E-state index in [2.05, 4.69) is 5.32 Å². The Kier molecular flexibility index (Phi) is 3.62. The number of nitrogen functional groups attached to an aromatic ring is 1. The first kappa shape index (κ1) is 12.2. The maximum absolute atomic E-state index is 10.9. The smallest absolute Gasteiger partial charge is 0.320 e. The molecule has 0 aromatic heterocycles. The Morgan fingerprint density at radius 3 is 2.50 bits per heavy atom. The minimum absolute atomic E-state index is 0.0625. The van der Waals surface area contributed by atoms with Crippen LogP contribution < -0.4 is 27.6 Å². The Balaban J connectivity index is 2.30. The summed E-state index contributed by atoms with van der Waals surface area (Å²) in [5.41, 5.74) is 9.30. The molecule has 0 aliphatic rings. The largest absolute Gasteiger partial charge is 0.480 e. The fourth-order valence-electron chi connectivity index (χ4n) is 1.24. The SMILES string of the molecule is Nc1c(NCCCC(N)C(=O)O)c(=O)c1=O. The Morgan fingerprint density at radius 1 is 1.38 bits per heavy atom. The molecule has 6 N–H and O–H groups in total. The standard InChI is InChI=1S/C9H13N3O4/c10-4(9(15)16)2-1-3-12-6-5(11)7(13)8(6)14/h4,12H,1-3,10-11H2,(H,15,16). The van der Waals surface area contributed by atoms with E-state index in [4.69, 9.17) is 16.6 Å². The first-order valence-corrected chi connectivity index (χ1v) is 4.76. The van der Waals surface area contributed by atoms with Crippen LogP contribution in [0.15, 0.2) is 9.59 Å². The zero-order valence-electron chi connectivity index (χ0n) is 8.53. The van der Waals surface area contributed by atoms with Crippen molar-refractivity contribution < 1.29 is 9.90 Å². The topological polar surface area (TPSA) is 136 Å². The van der Waals surface area contributed by atoms with Crippen LogP contribution in [0, 0.1) is 0 Å². The normalized spacial score (nSPS) is 12.6.